The van der Waals surface area contributed by atoms with Crippen molar-refractivity contribution in [2.45, 2.75) is 46.6 Å². The molecule has 0 aromatic carbocycles. The number of carbonyl (C=O) groups is 1. The van der Waals surface area contributed by atoms with Gasteiger partial charge in [0.1, 0.15) is 6.10 Å². The Morgan fingerprint density at radius 3 is 1.77 bits per heavy atom. The van der Waals surface area contributed by atoms with Crippen LogP contribution in [0.2, 0.25) is 0 Å². The van der Waals surface area contributed by atoms with Gasteiger partial charge in [-0.05, 0) is 24.7 Å². The summed E-state index contributed by atoms with van der Waals surface area (Å²) in [6, 6.07) is 0. The monoisotopic (exact) mass is 206 g/mol. The number of carbonyl (C=O) groups excluding carboxylic acids is 1. The Labute approximate surface area is 85.6 Å². The fourth-order valence-corrected chi connectivity index (χ4v) is 1.50. The SMILES string of the molecule is CC(C)CC(CC(C)C)OC(=O)Cl. The molecule has 0 aliphatic heterocycles. The summed E-state index contributed by atoms with van der Waals surface area (Å²) < 4.78 is 5.00. The average Bonchev–Trinajstić information content (AvgIpc) is 1.80. The molecule has 78 valence electrons. The maximum atomic E-state index is 10.6. The second-order valence-corrected chi connectivity index (χ2v) is 4.55. The molecule has 0 N–H and O–H groups in total. The number of hydrogen-bond acceptors (Lipinski definition) is 2. The molecule has 0 spiro atoms. The van der Waals surface area contributed by atoms with Crippen molar-refractivity contribution in [1.82, 2.24) is 0 Å². The molecule has 0 aliphatic carbocycles. The molecule has 0 amide bonds. The molecule has 0 saturated carbocycles. The lowest BCUT2D eigenvalue weighted by Gasteiger charge is -2.19. The van der Waals surface area contributed by atoms with Gasteiger partial charge in [-0.15, -0.1) is 0 Å². The van der Waals surface area contributed by atoms with Crippen molar-refractivity contribution < 1.29 is 9.53 Å². The van der Waals surface area contributed by atoms with Crippen molar-refractivity contribution >= 4 is 17.0 Å². The zero-order chi connectivity index (χ0) is 10.4. The van der Waals surface area contributed by atoms with Crippen LogP contribution in [-0.2, 0) is 4.74 Å². The van der Waals surface area contributed by atoms with Gasteiger partial charge in [-0.1, -0.05) is 27.7 Å². The molecule has 0 radical (unpaired) electrons. The van der Waals surface area contributed by atoms with Crippen LogP contribution >= 0.6 is 11.6 Å². The van der Waals surface area contributed by atoms with E-state index in [1.807, 2.05) is 0 Å². The van der Waals surface area contributed by atoms with Crippen LogP contribution in [0.3, 0.4) is 0 Å². The fourth-order valence-electron chi connectivity index (χ4n) is 1.38. The fraction of sp³-hybridized carbons (Fsp3) is 0.900. The van der Waals surface area contributed by atoms with Crippen molar-refractivity contribution in [3.05, 3.63) is 0 Å². The lowest BCUT2D eigenvalue weighted by atomic mass is 9.98. The minimum atomic E-state index is -0.689. The molecule has 0 fully saturated rings. The van der Waals surface area contributed by atoms with Crippen LogP contribution in [0.4, 0.5) is 4.79 Å². The van der Waals surface area contributed by atoms with E-state index in [4.69, 9.17) is 16.3 Å². The molecular weight excluding hydrogens is 188 g/mol. The van der Waals surface area contributed by atoms with Crippen LogP contribution in [-0.4, -0.2) is 11.5 Å². The summed E-state index contributed by atoms with van der Waals surface area (Å²) in [5.41, 5.74) is -0.689. The molecule has 13 heavy (non-hydrogen) atoms. The van der Waals surface area contributed by atoms with Crippen molar-refractivity contribution in [2.75, 3.05) is 0 Å². The number of rotatable bonds is 5. The molecule has 0 bridgehead atoms. The maximum absolute atomic E-state index is 10.6. The van der Waals surface area contributed by atoms with Gasteiger partial charge in [0, 0.05) is 11.6 Å². The zero-order valence-electron chi connectivity index (χ0n) is 8.84. The molecule has 0 atom stereocenters. The van der Waals surface area contributed by atoms with Gasteiger partial charge in [-0.2, -0.15) is 0 Å². The highest BCUT2D eigenvalue weighted by Gasteiger charge is 2.16. The van der Waals surface area contributed by atoms with Crippen LogP contribution in [0.25, 0.3) is 0 Å². The standard InChI is InChI=1S/C10H19ClO2/c1-7(2)5-9(6-8(3)4)13-10(11)12/h7-9H,5-6H2,1-4H3. The van der Waals surface area contributed by atoms with Crippen molar-refractivity contribution in [3.8, 4) is 0 Å². The summed E-state index contributed by atoms with van der Waals surface area (Å²) in [5, 5.41) is 0. The summed E-state index contributed by atoms with van der Waals surface area (Å²) in [5.74, 6) is 1.06. The highest BCUT2D eigenvalue weighted by molar-refractivity contribution is 6.61. The van der Waals surface area contributed by atoms with Gasteiger partial charge in [0.25, 0.3) is 0 Å². The minimum Gasteiger partial charge on any atom is -0.450 e. The molecule has 0 unspecified atom stereocenters. The summed E-state index contributed by atoms with van der Waals surface area (Å²) in [7, 11) is 0. The molecular formula is C10H19ClO2. The lowest BCUT2D eigenvalue weighted by molar-refractivity contribution is 0.0925. The zero-order valence-corrected chi connectivity index (χ0v) is 9.60. The van der Waals surface area contributed by atoms with Gasteiger partial charge in [0.2, 0.25) is 0 Å². The lowest BCUT2D eigenvalue weighted by Crippen LogP contribution is -2.19. The Bertz CT molecular complexity index is 145. The van der Waals surface area contributed by atoms with Crippen LogP contribution in [0.5, 0.6) is 0 Å². The van der Waals surface area contributed by atoms with E-state index in [1.54, 1.807) is 0 Å². The Hall–Kier alpha value is -0.240. The van der Waals surface area contributed by atoms with Crippen molar-refractivity contribution in [2.24, 2.45) is 11.8 Å². The average molecular weight is 207 g/mol. The second kappa shape index (κ2) is 6.25. The van der Waals surface area contributed by atoms with E-state index in [1.165, 1.54) is 0 Å². The first-order valence-electron chi connectivity index (χ1n) is 4.78. The van der Waals surface area contributed by atoms with Gasteiger partial charge in [0.05, 0.1) is 0 Å². The van der Waals surface area contributed by atoms with Crippen LogP contribution in [0, 0.1) is 11.8 Å². The molecule has 3 heteroatoms. The van der Waals surface area contributed by atoms with Gasteiger partial charge in [-0.3, -0.25) is 0 Å². The molecule has 0 aromatic heterocycles. The van der Waals surface area contributed by atoms with E-state index < -0.39 is 5.43 Å². The Balaban J connectivity index is 3.95. The third-order valence-electron chi connectivity index (χ3n) is 1.73. The Kier molecular flexibility index (Phi) is 6.13. The van der Waals surface area contributed by atoms with Gasteiger partial charge < -0.3 is 4.74 Å². The highest BCUT2D eigenvalue weighted by atomic mass is 35.5. The van der Waals surface area contributed by atoms with E-state index in [0.29, 0.717) is 11.8 Å². The number of halogens is 1. The maximum Gasteiger partial charge on any atom is 0.404 e. The molecule has 0 heterocycles. The molecule has 0 rings (SSSR count). The molecule has 0 saturated heterocycles. The Morgan fingerprint density at radius 1 is 1.15 bits per heavy atom. The van der Waals surface area contributed by atoms with E-state index in [2.05, 4.69) is 27.7 Å². The quantitative estimate of drug-likeness (QED) is 0.640. The molecule has 2 nitrogen and oxygen atoms in total. The van der Waals surface area contributed by atoms with E-state index in [0.717, 1.165) is 12.8 Å². The van der Waals surface area contributed by atoms with E-state index >= 15 is 0 Å². The topological polar surface area (TPSA) is 26.3 Å². The first-order chi connectivity index (χ1) is 5.91. The third kappa shape index (κ3) is 8.10. The minimum absolute atomic E-state index is 0.0231. The van der Waals surface area contributed by atoms with Gasteiger partial charge in [-0.25, -0.2) is 4.79 Å². The van der Waals surface area contributed by atoms with Crippen molar-refractivity contribution in [3.63, 3.8) is 0 Å². The van der Waals surface area contributed by atoms with Crippen LogP contribution in [0.15, 0.2) is 0 Å². The van der Waals surface area contributed by atoms with Crippen molar-refractivity contribution in [1.29, 1.82) is 0 Å². The predicted octanol–water partition coefficient (Wildman–Crippen LogP) is 3.82. The predicted molar refractivity (Wildman–Crippen MR) is 55.0 cm³/mol. The summed E-state index contributed by atoms with van der Waals surface area (Å²) in [6.45, 7) is 8.43. The normalized spacial score (nSPS) is 11.4. The summed E-state index contributed by atoms with van der Waals surface area (Å²) in [6.07, 6.45) is 1.75. The molecule has 0 aliphatic rings. The largest absolute Gasteiger partial charge is 0.450 e. The van der Waals surface area contributed by atoms with Crippen LogP contribution in [0.1, 0.15) is 40.5 Å². The van der Waals surface area contributed by atoms with E-state index in [9.17, 15) is 4.79 Å². The highest BCUT2D eigenvalue weighted by Crippen LogP contribution is 2.17. The van der Waals surface area contributed by atoms with E-state index in [-0.39, 0.29) is 6.10 Å². The Morgan fingerprint density at radius 2 is 1.54 bits per heavy atom. The number of hydrogen-bond donors (Lipinski definition) is 0. The second-order valence-electron chi connectivity index (χ2n) is 4.24. The molecule has 0 aromatic rings. The third-order valence-corrected chi connectivity index (χ3v) is 1.82. The van der Waals surface area contributed by atoms with Gasteiger partial charge in [0.15, 0.2) is 0 Å². The number of ether oxygens (including phenoxy) is 1. The first-order valence-corrected chi connectivity index (χ1v) is 5.15. The summed E-state index contributed by atoms with van der Waals surface area (Å²) in [4.78, 5) is 10.6. The van der Waals surface area contributed by atoms with Gasteiger partial charge >= 0.3 is 5.43 Å². The first kappa shape index (κ1) is 12.8. The smallest absolute Gasteiger partial charge is 0.404 e. The summed E-state index contributed by atoms with van der Waals surface area (Å²) >= 11 is 5.18. The van der Waals surface area contributed by atoms with Crippen LogP contribution < -0.4 is 0 Å².